The number of hydrogen-bond acceptors (Lipinski definition) is 7. The average Bonchev–Trinajstić information content (AvgIpc) is 3.38. The molecule has 1 aliphatic heterocycles. The van der Waals surface area contributed by atoms with Gasteiger partial charge in [-0.2, -0.15) is 0 Å². The van der Waals surface area contributed by atoms with Crippen LogP contribution in [0.1, 0.15) is 29.1 Å². The third-order valence-electron chi connectivity index (χ3n) is 4.32. The number of carbonyl (C=O) groups excluding carboxylic acids is 1. The Balaban J connectivity index is 1.73. The number of ether oxygens (including phenoxy) is 2. The predicted octanol–water partition coefficient (Wildman–Crippen LogP) is 3.43. The van der Waals surface area contributed by atoms with Gasteiger partial charge in [0.1, 0.15) is 11.3 Å². The van der Waals surface area contributed by atoms with Crippen molar-refractivity contribution >= 4 is 32.6 Å². The largest absolute Gasteiger partial charge is 0.494 e. The highest BCUT2D eigenvalue weighted by Crippen LogP contribution is 2.35. The first-order chi connectivity index (χ1) is 12.7. The molecule has 0 bridgehead atoms. The van der Waals surface area contributed by atoms with Gasteiger partial charge >= 0.3 is 0 Å². The molecule has 0 aliphatic carbocycles. The van der Waals surface area contributed by atoms with Crippen molar-refractivity contribution in [2.45, 2.75) is 25.9 Å². The summed E-state index contributed by atoms with van der Waals surface area (Å²) in [5.41, 5.74) is 1.41. The molecular formula is C18H19N3O4S. The number of nitrogens with zero attached hydrogens (tertiary/aromatic N) is 3. The van der Waals surface area contributed by atoms with Crippen molar-refractivity contribution < 1.29 is 18.8 Å². The molecule has 0 radical (unpaired) electrons. The SMILES string of the molecule is COc1cccc2sc(N(CC3CCCO3)C(=O)c3cc(C)no3)nc12. The van der Waals surface area contributed by atoms with E-state index < -0.39 is 0 Å². The highest BCUT2D eigenvalue weighted by molar-refractivity contribution is 7.22. The summed E-state index contributed by atoms with van der Waals surface area (Å²) in [4.78, 5) is 19.3. The van der Waals surface area contributed by atoms with E-state index in [-0.39, 0.29) is 17.8 Å². The second kappa shape index (κ2) is 7.05. The number of thiazole rings is 1. The van der Waals surface area contributed by atoms with E-state index in [1.54, 1.807) is 25.0 Å². The minimum Gasteiger partial charge on any atom is -0.494 e. The van der Waals surface area contributed by atoms with Crippen LogP contribution in [0.3, 0.4) is 0 Å². The van der Waals surface area contributed by atoms with Crippen LogP contribution < -0.4 is 9.64 Å². The van der Waals surface area contributed by atoms with E-state index in [0.29, 0.717) is 23.1 Å². The van der Waals surface area contributed by atoms with Gasteiger partial charge in [0.2, 0.25) is 5.76 Å². The Labute approximate surface area is 154 Å². The highest BCUT2D eigenvalue weighted by atomic mass is 32.1. The molecule has 0 spiro atoms. The molecule has 136 valence electrons. The van der Waals surface area contributed by atoms with E-state index in [1.807, 2.05) is 18.2 Å². The summed E-state index contributed by atoms with van der Waals surface area (Å²) in [7, 11) is 1.61. The van der Waals surface area contributed by atoms with Crippen LogP contribution in [0.15, 0.2) is 28.8 Å². The molecule has 0 N–H and O–H groups in total. The average molecular weight is 373 g/mol. The zero-order valence-corrected chi connectivity index (χ0v) is 15.4. The summed E-state index contributed by atoms with van der Waals surface area (Å²) < 4.78 is 17.3. The molecule has 0 saturated carbocycles. The predicted molar refractivity (Wildman–Crippen MR) is 98.1 cm³/mol. The summed E-state index contributed by atoms with van der Waals surface area (Å²) in [5, 5.41) is 4.42. The molecule has 7 nitrogen and oxygen atoms in total. The molecule has 1 aromatic carbocycles. The van der Waals surface area contributed by atoms with Crippen LogP contribution in [0, 0.1) is 6.92 Å². The first-order valence-electron chi connectivity index (χ1n) is 8.46. The van der Waals surface area contributed by atoms with Crippen molar-refractivity contribution in [2.24, 2.45) is 0 Å². The Hall–Kier alpha value is -2.45. The van der Waals surface area contributed by atoms with Gasteiger partial charge in [-0.25, -0.2) is 4.98 Å². The molecule has 1 fully saturated rings. The smallest absolute Gasteiger partial charge is 0.298 e. The molecule has 1 aliphatic rings. The van der Waals surface area contributed by atoms with Crippen LogP contribution in [0.4, 0.5) is 5.13 Å². The lowest BCUT2D eigenvalue weighted by molar-refractivity contribution is 0.0887. The van der Waals surface area contributed by atoms with Crippen molar-refractivity contribution in [3.05, 3.63) is 35.7 Å². The fourth-order valence-electron chi connectivity index (χ4n) is 3.03. The maximum absolute atomic E-state index is 13.0. The van der Waals surface area contributed by atoms with E-state index in [9.17, 15) is 4.79 Å². The van der Waals surface area contributed by atoms with Gasteiger partial charge in [0.05, 0.1) is 30.2 Å². The van der Waals surface area contributed by atoms with Gasteiger partial charge in [-0.05, 0) is 31.9 Å². The molecule has 1 unspecified atom stereocenters. The quantitative estimate of drug-likeness (QED) is 0.682. The first kappa shape index (κ1) is 17.0. The lowest BCUT2D eigenvalue weighted by Gasteiger charge is -2.21. The topological polar surface area (TPSA) is 77.7 Å². The Kier molecular flexibility index (Phi) is 4.60. The van der Waals surface area contributed by atoms with Gasteiger partial charge in [-0.1, -0.05) is 22.6 Å². The van der Waals surface area contributed by atoms with Gasteiger partial charge in [0.15, 0.2) is 5.13 Å². The number of fused-ring (bicyclic) bond motifs is 1. The van der Waals surface area contributed by atoms with Crippen LogP contribution in [-0.2, 0) is 4.74 Å². The van der Waals surface area contributed by atoms with Crippen LogP contribution >= 0.6 is 11.3 Å². The summed E-state index contributed by atoms with van der Waals surface area (Å²) >= 11 is 1.44. The number of anilines is 1. The molecule has 3 heterocycles. The lowest BCUT2D eigenvalue weighted by Crippen LogP contribution is -2.37. The van der Waals surface area contributed by atoms with Crippen LogP contribution in [-0.4, -0.2) is 42.4 Å². The van der Waals surface area contributed by atoms with Gasteiger partial charge in [0.25, 0.3) is 5.91 Å². The van der Waals surface area contributed by atoms with Gasteiger partial charge in [0, 0.05) is 12.7 Å². The summed E-state index contributed by atoms with van der Waals surface area (Å²) in [5.74, 6) is 0.621. The Morgan fingerprint density at radius 2 is 2.35 bits per heavy atom. The maximum Gasteiger partial charge on any atom is 0.298 e. The molecule has 8 heteroatoms. The van der Waals surface area contributed by atoms with Crippen molar-refractivity contribution in [3.63, 3.8) is 0 Å². The van der Waals surface area contributed by atoms with E-state index in [1.165, 1.54) is 11.3 Å². The van der Waals surface area contributed by atoms with Gasteiger partial charge in [-0.15, -0.1) is 0 Å². The number of carbonyl (C=O) groups is 1. The normalized spacial score (nSPS) is 16.9. The monoisotopic (exact) mass is 373 g/mol. The number of amides is 1. The van der Waals surface area contributed by atoms with Crippen LogP contribution in [0.5, 0.6) is 5.75 Å². The molecular weight excluding hydrogens is 354 g/mol. The zero-order chi connectivity index (χ0) is 18.1. The molecule has 3 aromatic rings. The Bertz CT molecular complexity index is 930. The second-order valence-corrected chi connectivity index (χ2v) is 7.20. The Morgan fingerprint density at radius 3 is 3.04 bits per heavy atom. The standard InChI is InChI=1S/C18H19N3O4S/c1-11-9-14(25-20-11)17(22)21(10-12-5-4-8-24-12)18-19-16-13(23-2)6-3-7-15(16)26-18/h3,6-7,9,12H,4-5,8,10H2,1-2H3. The van der Waals surface area contributed by atoms with Crippen molar-refractivity contribution in [1.82, 2.24) is 10.1 Å². The van der Waals surface area contributed by atoms with E-state index in [4.69, 9.17) is 14.0 Å². The zero-order valence-electron chi connectivity index (χ0n) is 14.6. The molecule has 1 amide bonds. The fourth-order valence-corrected chi connectivity index (χ4v) is 4.02. The minimum absolute atomic E-state index is 0.00289. The van der Waals surface area contributed by atoms with E-state index >= 15 is 0 Å². The summed E-state index contributed by atoms with van der Waals surface area (Å²) in [6, 6.07) is 7.37. The lowest BCUT2D eigenvalue weighted by atomic mass is 10.2. The minimum atomic E-state index is -0.265. The second-order valence-electron chi connectivity index (χ2n) is 6.19. The maximum atomic E-state index is 13.0. The number of methoxy groups -OCH3 is 1. The third-order valence-corrected chi connectivity index (χ3v) is 5.36. The molecule has 1 saturated heterocycles. The van der Waals surface area contributed by atoms with Crippen LogP contribution in [0.2, 0.25) is 0 Å². The van der Waals surface area contributed by atoms with E-state index in [2.05, 4.69) is 10.1 Å². The summed E-state index contributed by atoms with van der Waals surface area (Å²) in [6.07, 6.45) is 1.92. The fraction of sp³-hybridized carbons (Fsp3) is 0.389. The number of hydrogen-bond donors (Lipinski definition) is 0. The van der Waals surface area contributed by atoms with E-state index in [0.717, 1.165) is 29.7 Å². The molecule has 26 heavy (non-hydrogen) atoms. The Morgan fingerprint density at radius 1 is 1.46 bits per heavy atom. The molecule has 1 atom stereocenters. The van der Waals surface area contributed by atoms with Gasteiger partial charge in [-0.3, -0.25) is 9.69 Å². The summed E-state index contributed by atoms with van der Waals surface area (Å²) in [6.45, 7) is 2.94. The van der Waals surface area contributed by atoms with Crippen molar-refractivity contribution in [1.29, 1.82) is 0 Å². The number of aromatic nitrogens is 2. The number of aryl methyl sites for hydroxylation is 1. The number of benzene rings is 1. The van der Waals surface area contributed by atoms with Crippen molar-refractivity contribution in [2.75, 3.05) is 25.2 Å². The molecule has 4 rings (SSSR count). The van der Waals surface area contributed by atoms with Gasteiger partial charge < -0.3 is 14.0 Å². The number of rotatable bonds is 5. The number of para-hydroxylation sites is 1. The first-order valence-corrected chi connectivity index (χ1v) is 9.27. The van der Waals surface area contributed by atoms with Crippen molar-refractivity contribution in [3.8, 4) is 5.75 Å². The third kappa shape index (κ3) is 3.17. The highest BCUT2D eigenvalue weighted by Gasteiger charge is 2.29. The molecule has 2 aromatic heterocycles. The van der Waals surface area contributed by atoms with Crippen LogP contribution in [0.25, 0.3) is 10.2 Å².